The molecular formula is C12H16N4O5P+. The van der Waals surface area contributed by atoms with Gasteiger partial charge in [0, 0.05) is 6.07 Å². The topological polar surface area (TPSA) is 120 Å². The number of nitro groups is 1. The molecule has 0 amide bonds. The van der Waals surface area contributed by atoms with E-state index in [-0.39, 0.29) is 35.3 Å². The summed E-state index contributed by atoms with van der Waals surface area (Å²) >= 11 is 0. The Labute approximate surface area is 127 Å². The second kappa shape index (κ2) is 6.76. The Morgan fingerprint density at radius 3 is 2.68 bits per heavy atom. The van der Waals surface area contributed by atoms with E-state index in [9.17, 15) is 14.7 Å². The van der Waals surface area contributed by atoms with Crippen molar-refractivity contribution in [3.05, 3.63) is 22.2 Å². The first kappa shape index (κ1) is 16.3. The van der Waals surface area contributed by atoms with Crippen molar-refractivity contribution in [1.29, 1.82) is 0 Å². The Balaban J connectivity index is 2.30. The maximum atomic E-state index is 11.1. The van der Waals surface area contributed by atoms with Crippen LogP contribution in [0.5, 0.6) is 0 Å². The van der Waals surface area contributed by atoms with Gasteiger partial charge in [-0.2, -0.15) is 0 Å². The van der Waals surface area contributed by atoms with E-state index < -0.39 is 13.0 Å². The number of nitrogens with one attached hydrogen (secondary N) is 1. The van der Waals surface area contributed by atoms with Gasteiger partial charge in [0.05, 0.1) is 16.7 Å². The molecule has 1 aromatic heterocycles. The number of aromatic nitrogens is 2. The number of anilines is 1. The third-order valence-corrected chi connectivity index (χ3v) is 3.69. The summed E-state index contributed by atoms with van der Waals surface area (Å²) in [7, 11) is -1.70. The lowest BCUT2D eigenvalue weighted by molar-refractivity contribution is -0.383. The third kappa shape index (κ3) is 3.55. The molecule has 2 aromatic rings. The molecular weight excluding hydrogens is 311 g/mol. The summed E-state index contributed by atoms with van der Waals surface area (Å²) in [5.41, 5.74) is 0.743. The molecule has 0 fully saturated rings. The lowest BCUT2D eigenvalue weighted by Gasteiger charge is -2.21. The highest BCUT2D eigenvalue weighted by atomic mass is 31.1. The van der Waals surface area contributed by atoms with Crippen LogP contribution in [-0.4, -0.2) is 34.6 Å². The minimum absolute atomic E-state index is 0.0833. The summed E-state index contributed by atoms with van der Waals surface area (Å²) in [4.78, 5) is 10.4. The molecule has 9 nitrogen and oxygen atoms in total. The minimum atomic E-state index is -1.70. The number of hydrogen-bond donors (Lipinski definition) is 1. The lowest BCUT2D eigenvalue weighted by Crippen LogP contribution is -2.30. The molecule has 2 atom stereocenters. The van der Waals surface area contributed by atoms with E-state index in [1.807, 2.05) is 13.8 Å². The first-order chi connectivity index (χ1) is 10.4. The van der Waals surface area contributed by atoms with Gasteiger partial charge in [-0.1, -0.05) is 13.8 Å². The maximum absolute atomic E-state index is 11.1. The number of rotatable bonds is 7. The van der Waals surface area contributed by atoms with Gasteiger partial charge in [-0.25, -0.2) is 4.63 Å². The van der Waals surface area contributed by atoms with Gasteiger partial charge in [0.15, 0.2) is 12.2 Å². The minimum Gasteiger partial charge on any atom is -0.378 e. The fourth-order valence-electron chi connectivity index (χ4n) is 1.90. The zero-order valence-corrected chi connectivity index (χ0v) is 13.2. The Bertz CT molecular complexity index is 702. The van der Waals surface area contributed by atoms with E-state index in [0.717, 1.165) is 0 Å². The van der Waals surface area contributed by atoms with E-state index in [2.05, 4.69) is 20.3 Å². The third-order valence-electron chi connectivity index (χ3n) is 3.17. The van der Waals surface area contributed by atoms with Gasteiger partial charge in [0.25, 0.3) is 0 Å². The molecule has 0 radical (unpaired) electrons. The van der Waals surface area contributed by atoms with Crippen LogP contribution in [0, 0.1) is 16.0 Å². The predicted octanol–water partition coefficient (Wildman–Crippen LogP) is 2.96. The summed E-state index contributed by atoms with van der Waals surface area (Å²) in [5.74, 6) is 0.181. The summed E-state index contributed by atoms with van der Waals surface area (Å²) in [6.07, 6.45) is 0. The highest BCUT2D eigenvalue weighted by molar-refractivity contribution is 7.38. The van der Waals surface area contributed by atoms with Gasteiger partial charge >= 0.3 is 13.7 Å². The number of fused-ring (bicyclic) bond motifs is 1. The average Bonchev–Trinajstić information content (AvgIpc) is 2.91. The smallest absolute Gasteiger partial charge is 0.378 e. The molecule has 10 heteroatoms. The number of non-ortho nitro benzene ring substituents is 1. The standard InChI is InChI=1S/C12H16N4O5P/c1-7(2)9(6-20-22(3)19)13-8-4-5-10(16(17)18)12-11(8)14-21-15-12/h4-5,7,9,13H,6H2,1-3H3/q+1. The van der Waals surface area contributed by atoms with Crippen LogP contribution in [-0.2, 0) is 9.09 Å². The second-order valence-electron chi connectivity index (χ2n) is 5.08. The largest absolute Gasteiger partial charge is 0.504 e. The molecule has 0 aliphatic heterocycles. The molecule has 1 aromatic carbocycles. The molecule has 0 aliphatic carbocycles. The Kier molecular flexibility index (Phi) is 4.99. The van der Waals surface area contributed by atoms with Gasteiger partial charge in [-0.15, -0.1) is 4.52 Å². The fourth-order valence-corrected chi connectivity index (χ4v) is 2.27. The van der Waals surface area contributed by atoms with Crippen LogP contribution in [0.1, 0.15) is 13.8 Å². The van der Waals surface area contributed by atoms with Crippen molar-refractivity contribution in [2.45, 2.75) is 19.9 Å². The van der Waals surface area contributed by atoms with Crippen LogP contribution < -0.4 is 5.32 Å². The van der Waals surface area contributed by atoms with Crippen molar-refractivity contribution in [1.82, 2.24) is 10.3 Å². The normalized spacial score (nSPS) is 13.4. The van der Waals surface area contributed by atoms with Crippen LogP contribution in [0.2, 0.25) is 0 Å². The van der Waals surface area contributed by atoms with Gasteiger partial charge in [0.1, 0.15) is 6.61 Å². The quantitative estimate of drug-likeness (QED) is 0.468. The predicted molar refractivity (Wildman–Crippen MR) is 80.2 cm³/mol. The van der Waals surface area contributed by atoms with Crippen LogP contribution >= 0.6 is 8.03 Å². The van der Waals surface area contributed by atoms with Crippen molar-refractivity contribution in [3.63, 3.8) is 0 Å². The highest BCUT2D eigenvalue weighted by Gasteiger charge is 2.23. The molecule has 0 spiro atoms. The molecule has 1 heterocycles. The zero-order valence-electron chi connectivity index (χ0n) is 12.3. The van der Waals surface area contributed by atoms with Crippen molar-refractivity contribution in [2.75, 3.05) is 18.6 Å². The Hall–Kier alpha value is -2.12. The molecule has 0 saturated carbocycles. The van der Waals surface area contributed by atoms with Crippen LogP contribution in [0.3, 0.4) is 0 Å². The van der Waals surface area contributed by atoms with E-state index in [1.54, 1.807) is 6.07 Å². The van der Waals surface area contributed by atoms with E-state index >= 15 is 0 Å². The Morgan fingerprint density at radius 1 is 1.41 bits per heavy atom. The molecule has 2 unspecified atom stereocenters. The summed E-state index contributed by atoms with van der Waals surface area (Å²) < 4.78 is 20.9. The number of hydrogen-bond acceptors (Lipinski definition) is 8. The van der Waals surface area contributed by atoms with Gasteiger partial charge in [-0.05, 0) is 26.9 Å². The summed E-state index contributed by atoms with van der Waals surface area (Å²) in [6.45, 7) is 5.69. The molecule has 0 aliphatic rings. The fraction of sp³-hybridized carbons (Fsp3) is 0.500. The van der Waals surface area contributed by atoms with Crippen LogP contribution in [0.4, 0.5) is 11.4 Å². The summed E-state index contributed by atoms with van der Waals surface area (Å²) in [6, 6.07) is 2.75. The van der Waals surface area contributed by atoms with Gasteiger partial charge in [-0.3, -0.25) is 10.1 Å². The second-order valence-corrected chi connectivity index (χ2v) is 6.22. The number of benzene rings is 1. The molecule has 1 N–H and O–H groups in total. The monoisotopic (exact) mass is 327 g/mol. The Morgan fingerprint density at radius 2 is 2.09 bits per heavy atom. The van der Waals surface area contributed by atoms with Crippen molar-refractivity contribution in [2.24, 2.45) is 5.92 Å². The van der Waals surface area contributed by atoms with Crippen LogP contribution in [0.25, 0.3) is 11.0 Å². The molecule has 0 saturated heterocycles. The molecule has 22 heavy (non-hydrogen) atoms. The van der Waals surface area contributed by atoms with E-state index in [4.69, 9.17) is 4.52 Å². The van der Waals surface area contributed by atoms with Crippen LogP contribution in [0.15, 0.2) is 16.8 Å². The lowest BCUT2D eigenvalue weighted by atomic mass is 10.0. The molecule has 118 valence electrons. The zero-order chi connectivity index (χ0) is 16.3. The highest BCUT2D eigenvalue weighted by Crippen LogP contribution is 2.30. The SMILES string of the molecule is CC(C)C(CO[P+](C)=O)Nc1ccc([N+](=O)[O-])c2nonc12. The number of nitrogens with zero attached hydrogens (tertiary/aromatic N) is 3. The maximum Gasteiger partial charge on any atom is 0.504 e. The van der Waals surface area contributed by atoms with Gasteiger partial charge < -0.3 is 5.32 Å². The van der Waals surface area contributed by atoms with E-state index in [0.29, 0.717) is 5.69 Å². The number of nitro benzene ring substituents is 1. The van der Waals surface area contributed by atoms with Crippen molar-refractivity contribution >= 4 is 30.4 Å². The molecule has 0 bridgehead atoms. The first-order valence-electron chi connectivity index (χ1n) is 6.60. The first-order valence-corrected chi connectivity index (χ1v) is 8.22. The van der Waals surface area contributed by atoms with Crippen molar-refractivity contribution in [3.8, 4) is 0 Å². The summed E-state index contributed by atoms with van der Waals surface area (Å²) in [5, 5.41) is 21.4. The molecule has 2 rings (SSSR count). The average molecular weight is 327 g/mol. The van der Waals surface area contributed by atoms with E-state index in [1.165, 1.54) is 12.7 Å². The van der Waals surface area contributed by atoms with Gasteiger partial charge in [0.2, 0.25) is 5.52 Å². The van der Waals surface area contributed by atoms with Crippen molar-refractivity contribution < 1.29 is 18.6 Å².